The van der Waals surface area contributed by atoms with Crippen LogP contribution in [0.4, 0.5) is 8.78 Å². The third-order valence-electron chi connectivity index (χ3n) is 3.95. The third-order valence-corrected chi connectivity index (χ3v) is 3.95. The van der Waals surface area contributed by atoms with Crippen LogP contribution in [0.1, 0.15) is 18.9 Å². The molecule has 0 radical (unpaired) electrons. The van der Waals surface area contributed by atoms with Crippen LogP contribution in [0.2, 0.25) is 0 Å². The maximum Gasteiger partial charge on any atom is 0.133 e. The van der Waals surface area contributed by atoms with Gasteiger partial charge in [-0.25, -0.2) is 8.78 Å². The minimum Gasteiger partial charge on any atom is -0.207 e. The molecule has 0 amide bonds. The fraction of sp³-hybridized carbons (Fsp3) is 0.143. The normalized spacial score (nSPS) is 10.7. The van der Waals surface area contributed by atoms with Gasteiger partial charge in [0, 0.05) is 11.6 Å². The van der Waals surface area contributed by atoms with E-state index in [-0.39, 0.29) is 0 Å². The molecule has 0 saturated heterocycles. The quantitative estimate of drug-likeness (QED) is 0.534. The predicted octanol–water partition coefficient (Wildman–Crippen LogP) is 6.25. The maximum atomic E-state index is 14.2. The first-order chi connectivity index (χ1) is 11.2. The van der Waals surface area contributed by atoms with E-state index in [1.807, 2.05) is 24.3 Å². The fourth-order valence-electron chi connectivity index (χ4n) is 2.82. The summed E-state index contributed by atoms with van der Waals surface area (Å²) in [6.45, 7) is 2.15. The number of aryl methyl sites for hydroxylation is 1. The molecule has 2 heteroatoms. The van der Waals surface area contributed by atoms with Crippen LogP contribution in [0.3, 0.4) is 0 Å². The Hall–Kier alpha value is -2.48. The average Bonchev–Trinajstić information content (AvgIpc) is 2.56. The summed E-state index contributed by atoms with van der Waals surface area (Å²) in [6, 6.07) is 19.7. The molecule has 0 bridgehead atoms. The molecule has 0 heterocycles. The number of benzene rings is 3. The Morgan fingerprint density at radius 3 is 2.09 bits per heavy atom. The second kappa shape index (κ2) is 6.74. The summed E-state index contributed by atoms with van der Waals surface area (Å²) in [6.07, 6.45) is 2.16. The van der Waals surface area contributed by atoms with Crippen LogP contribution in [0.15, 0.2) is 66.7 Å². The minimum atomic E-state index is -0.562. The Bertz CT molecular complexity index is 804. The van der Waals surface area contributed by atoms with Crippen molar-refractivity contribution in [3.8, 4) is 22.3 Å². The molecule has 0 aliphatic heterocycles. The molecule has 0 atom stereocenters. The molecule has 0 saturated carbocycles. The molecule has 23 heavy (non-hydrogen) atoms. The largest absolute Gasteiger partial charge is 0.207 e. The summed E-state index contributed by atoms with van der Waals surface area (Å²) in [5.41, 5.74) is 4.46. The van der Waals surface area contributed by atoms with E-state index >= 15 is 0 Å². The molecule has 0 spiro atoms. The van der Waals surface area contributed by atoms with Crippen molar-refractivity contribution in [1.82, 2.24) is 0 Å². The molecule has 116 valence electrons. The Labute approximate surface area is 135 Å². The summed E-state index contributed by atoms with van der Waals surface area (Å²) in [5.74, 6) is -1.10. The van der Waals surface area contributed by atoms with Crippen LogP contribution in [0.25, 0.3) is 22.3 Å². The lowest BCUT2D eigenvalue weighted by molar-refractivity contribution is 0.585. The van der Waals surface area contributed by atoms with Crippen molar-refractivity contribution >= 4 is 0 Å². The van der Waals surface area contributed by atoms with Gasteiger partial charge in [0.05, 0.1) is 0 Å². The average molecular weight is 308 g/mol. The van der Waals surface area contributed by atoms with Gasteiger partial charge in [-0.05, 0) is 40.8 Å². The lowest BCUT2D eigenvalue weighted by Gasteiger charge is -2.11. The van der Waals surface area contributed by atoms with Crippen molar-refractivity contribution in [3.05, 3.63) is 83.9 Å². The van der Waals surface area contributed by atoms with Crippen molar-refractivity contribution in [2.24, 2.45) is 0 Å². The predicted molar refractivity (Wildman–Crippen MR) is 91.2 cm³/mol. The summed E-state index contributed by atoms with van der Waals surface area (Å²) in [4.78, 5) is 0. The first-order valence-electron chi connectivity index (χ1n) is 7.83. The number of halogens is 2. The Morgan fingerprint density at radius 1 is 0.739 bits per heavy atom. The van der Waals surface area contributed by atoms with E-state index in [1.165, 1.54) is 17.7 Å². The molecule has 0 aliphatic carbocycles. The van der Waals surface area contributed by atoms with Gasteiger partial charge in [0.25, 0.3) is 0 Å². The minimum absolute atomic E-state index is 0.416. The lowest BCUT2D eigenvalue weighted by atomic mass is 9.93. The zero-order valence-electron chi connectivity index (χ0n) is 13.0. The topological polar surface area (TPSA) is 0 Å². The van der Waals surface area contributed by atoms with E-state index in [0.29, 0.717) is 5.56 Å². The highest BCUT2D eigenvalue weighted by atomic mass is 19.1. The Kier molecular flexibility index (Phi) is 4.52. The smallest absolute Gasteiger partial charge is 0.133 e. The summed E-state index contributed by atoms with van der Waals surface area (Å²) in [5, 5.41) is 0. The van der Waals surface area contributed by atoms with Gasteiger partial charge >= 0.3 is 0 Å². The molecule has 0 unspecified atom stereocenters. The summed E-state index contributed by atoms with van der Waals surface area (Å²) < 4.78 is 27.3. The van der Waals surface area contributed by atoms with Gasteiger partial charge in [0.15, 0.2) is 0 Å². The standard InChI is InChI=1S/C21H18F2/c1-2-5-15-8-10-16(11-9-15)18-6-3-4-7-19(18)20-13-12-17(22)14-21(20)23/h3-4,6-14H,2,5H2,1H3. The van der Waals surface area contributed by atoms with Crippen LogP contribution in [-0.2, 0) is 6.42 Å². The highest BCUT2D eigenvalue weighted by Gasteiger charge is 2.11. The number of hydrogen-bond acceptors (Lipinski definition) is 0. The molecular formula is C21H18F2. The molecule has 0 N–H and O–H groups in total. The van der Waals surface area contributed by atoms with Crippen LogP contribution in [0, 0.1) is 11.6 Å². The van der Waals surface area contributed by atoms with Crippen LogP contribution < -0.4 is 0 Å². The van der Waals surface area contributed by atoms with E-state index in [9.17, 15) is 8.78 Å². The fourth-order valence-corrected chi connectivity index (χ4v) is 2.82. The van der Waals surface area contributed by atoms with E-state index < -0.39 is 11.6 Å². The van der Waals surface area contributed by atoms with Gasteiger partial charge in [0.2, 0.25) is 0 Å². The SMILES string of the molecule is CCCc1ccc(-c2ccccc2-c2ccc(F)cc2F)cc1. The van der Waals surface area contributed by atoms with E-state index in [4.69, 9.17) is 0 Å². The van der Waals surface area contributed by atoms with Gasteiger partial charge in [0.1, 0.15) is 11.6 Å². The highest BCUT2D eigenvalue weighted by molar-refractivity contribution is 5.83. The van der Waals surface area contributed by atoms with Gasteiger partial charge in [-0.15, -0.1) is 0 Å². The molecular weight excluding hydrogens is 290 g/mol. The first-order valence-corrected chi connectivity index (χ1v) is 7.83. The van der Waals surface area contributed by atoms with E-state index in [0.717, 1.165) is 35.6 Å². The van der Waals surface area contributed by atoms with Crippen molar-refractivity contribution in [2.75, 3.05) is 0 Å². The molecule has 3 aromatic carbocycles. The van der Waals surface area contributed by atoms with Crippen molar-refractivity contribution in [1.29, 1.82) is 0 Å². The molecule has 0 nitrogen and oxygen atoms in total. The zero-order valence-corrected chi connectivity index (χ0v) is 13.0. The summed E-state index contributed by atoms with van der Waals surface area (Å²) >= 11 is 0. The van der Waals surface area contributed by atoms with Gasteiger partial charge in [-0.1, -0.05) is 61.9 Å². The van der Waals surface area contributed by atoms with Gasteiger partial charge in [-0.3, -0.25) is 0 Å². The van der Waals surface area contributed by atoms with Crippen molar-refractivity contribution in [2.45, 2.75) is 19.8 Å². The molecule has 3 rings (SSSR count). The lowest BCUT2D eigenvalue weighted by Crippen LogP contribution is -1.90. The Balaban J connectivity index is 2.07. The Morgan fingerprint density at radius 2 is 1.43 bits per heavy atom. The van der Waals surface area contributed by atoms with Gasteiger partial charge in [-0.2, -0.15) is 0 Å². The van der Waals surface area contributed by atoms with Crippen LogP contribution in [-0.4, -0.2) is 0 Å². The van der Waals surface area contributed by atoms with Crippen LogP contribution in [0.5, 0.6) is 0 Å². The molecule has 3 aromatic rings. The first kappa shape index (κ1) is 15.4. The zero-order chi connectivity index (χ0) is 16.2. The van der Waals surface area contributed by atoms with Crippen LogP contribution >= 0.6 is 0 Å². The second-order valence-electron chi connectivity index (χ2n) is 5.62. The van der Waals surface area contributed by atoms with Crippen molar-refractivity contribution in [3.63, 3.8) is 0 Å². The molecule has 0 aromatic heterocycles. The highest BCUT2D eigenvalue weighted by Crippen LogP contribution is 2.33. The third kappa shape index (κ3) is 3.31. The molecule has 0 aliphatic rings. The monoisotopic (exact) mass is 308 g/mol. The van der Waals surface area contributed by atoms with E-state index in [2.05, 4.69) is 31.2 Å². The summed E-state index contributed by atoms with van der Waals surface area (Å²) in [7, 11) is 0. The van der Waals surface area contributed by atoms with Crippen molar-refractivity contribution < 1.29 is 8.78 Å². The number of rotatable bonds is 4. The maximum absolute atomic E-state index is 14.2. The van der Waals surface area contributed by atoms with Gasteiger partial charge < -0.3 is 0 Å². The molecule has 0 fully saturated rings. The second-order valence-corrected chi connectivity index (χ2v) is 5.62. The number of hydrogen-bond donors (Lipinski definition) is 0. The van der Waals surface area contributed by atoms with E-state index in [1.54, 1.807) is 0 Å².